The predicted octanol–water partition coefficient (Wildman–Crippen LogP) is 3.53. The van der Waals surface area contributed by atoms with Crippen LogP contribution in [0.4, 0.5) is 0 Å². The second-order valence-electron chi connectivity index (χ2n) is 8.44. The minimum absolute atomic E-state index is 0.0832. The number of fused-ring (bicyclic) bond motifs is 1. The number of aromatic nitrogens is 2. The fraction of sp³-hybridized carbons (Fsp3) is 0.417. The summed E-state index contributed by atoms with van der Waals surface area (Å²) in [6.45, 7) is 11.1. The van der Waals surface area contributed by atoms with Crippen molar-refractivity contribution in [3.8, 4) is 0 Å². The van der Waals surface area contributed by atoms with Gasteiger partial charge < -0.3 is 19.4 Å². The number of aromatic amines is 1. The van der Waals surface area contributed by atoms with E-state index in [1.54, 1.807) is 0 Å². The van der Waals surface area contributed by atoms with Gasteiger partial charge in [0, 0.05) is 54.4 Å². The molecule has 4 rings (SSSR count). The SMILES string of the molecule is Cc1cc(C)c(CNC(=O)c2cc3c(Cl)ccn3c([C@H](C)N3CCOCC3)c2C)c(=O)[nH]1. The number of pyridine rings is 2. The molecule has 1 amide bonds. The zero-order chi connectivity index (χ0) is 23.0. The number of nitrogens with zero attached hydrogens (tertiary/aromatic N) is 2. The largest absolute Gasteiger partial charge is 0.379 e. The standard InChI is InChI=1S/C24H29ClN4O3/c1-14-11-15(2)27-24(31)19(14)13-26-23(30)18-12-21-20(25)5-6-29(21)22(16(18)3)17(4)28-7-9-32-10-8-28/h5-6,11-12,17H,7-10,13H2,1-4H3,(H,26,30)(H,27,31)/t17-/m0/s1. The van der Waals surface area contributed by atoms with Gasteiger partial charge in [0.05, 0.1) is 23.8 Å². The van der Waals surface area contributed by atoms with Crippen LogP contribution in [0.25, 0.3) is 5.52 Å². The Hall–Kier alpha value is -2.61. The molecule has 3 aromatic rings. The molecule has 4 heterocycles. The lowest BCUT2D eigenvalue weighted by Crippen LogP contribution is -2.39. The Morgan fingerprint density at radius 2 is 1.97 bits per heavy atom. The van der Waals surface area contributed by atoms with E-state index >= 15 is 0 Å². The van der Waals surface area contributed by atoms with E-state index < -0.39 is 0 Å². The van der Waals surface area contributed by atoms with E-state index in [-0.39, 0.29) is 24.1 Å². The molecule has 0 unspecified atom stereocenters. The summed E-state index contributed by atoms with van der Waals surface area (Å²) in [5.74, 6) is -0.225. The Morgan fingerprint density at radius 1 is 1.25 bits per heavy atom. The maximum Gasteiger partial charge on any atom is 0.253 e. The summed E-state index contributed by atoms with van der Waals surface area (Å²) in [5.41, 5.74) is 5.33. The quantitative estimate of drug-likeness (QED) is 0.615. The van der Waals surface area contributed by atoms with Crippen LogP contribution in [0.15, 0.2) is 29.2 Å². The predicted molar refractivity (Wildman–Crippen MR) is 126 cm³/mol. The lowest BCUT2D eigenvalue weighted by atomic mass is 10.0. The van der Waals surface area contributed by atoms with Gasteiger partial charge in [-0.25, -0.2) is 0 Å². The minimum Gasteiger partial charge on any atom is -0.379 e. The van der Waals surface area contributed by atoms with Crippen LogP contribution in [0.1, 0.15) is 51.4 Å². The zero-order valence-electron chi connectivity index (χ0n) is 18.9. The maximum atomic E-state index is 13.2. The molecule has 32 heavy (non-hydrogen) atoms. The van der Waals surface area contributed by atoms with Crippen molar-refractivity contribution in [2.75, 3.05) is 26.3 Å². The van der Waals surface area contributed by atoms with Crippen LogP contribution in [0.2, 0.25) is 5.02 Å². The van der Waals surface area contributed by atoms with E-state index in [1.165, 1.54) is 0 Å². The second-order valence-corrected chi connectivity index (χ2v) is 8.84. The monoisotopic (exact) mass is 456 g/mol. The van der Waals surface area contributed by atoms with E-state index in [1.807, 2.05) is 45.2 Å². The summed E-state index contributed by atoms with van der Waals surface area (Å²) >= 11 is 6.46. The van der Waals surface area contributed by atoms with Crippen molar-refractivity contribution in [3.63, 3.8) is 0 Å². The van der Waals surface area contributed by atoms with Crippen LogP contribution in [-0.2, 0) is 11.3 Å². The minimum atomic E-state index is -0.225. The Bertz CT molecular complexity index is 1220. The number of nitrogens with one attached hydrogen (secondary N) is 2. The summed E-state index contributed by atoms with van der Waals surface area (Å²) in [6, 6.07) is 5.67. The molecule has 1 aliphatic heterocycles. The van der Waals surface area contributed by atoms with Crippen molar-refractivity contribution in [3.05, 3.63) is 73.4 Å². The molecular formula is C24H29ClN4O3. The smallest absolute Gasteiger partial charge is 0.253 e. The van der Waals surface area contributed by atoms with Crippen LogP contribution in [-0.4, -0.2) is 46.5 Å². The first-order valence-corrected chi connectivity index (χ1v) is 11.2. The fourth-order valence-electron chi connectivity index (χ4n) is 4.59. The van der Waals surface area contributed by atoms with Gasteiger partial charge in [0.1, 0.15) is 0 Å². The van der Waals surface area contributed by atoms with Crippen LogP contribution in [0.3, 0.4) is 0 Å². The normalized spacial score (nSPS) is 15.8. The van der Waals surface area contributed by atoms with E-state index in [9.17, 15) is 9.59 Å². The Balaban J connectivity index is 1.69. The third kappa shape index (κ3) is 4.20. The topological polar surface area (TPSA) is 78.8 Å². The summed E-state index contributed by atoms with van der Waals surface area (Å²) in [6.07, 6.45) is 1.95. The number of amides is 1. The van der Waals surface area contributed by atoms with Crippen molar-refractivity contribution in [2.24, 2.45) is 0 Å². The first-order chi connectivity index (χ1) is 15.3. The number of carbonyl (C=O) groups excluding carboxylic acids is 1. The molecule has 0 radical (unpaired) electrons. The molecule has 0 saturated carbocycles. The Kier molecular flexibility index (Phi) is 6.42. The highest BCUT2D eigenvalue weighted by atomic mass is 35.5. The number of rotatable bonds is 5. The van der Waals surface area contributed by atoms with Crippen molar-refractivity contribution in [1.29, 1.82) is 0 Å². The lowest BCUT2D eigenvalue weighted by Gasteiger charge is -2.34. The molecule has 1 aliphatic rings. The van der Waals surface area contributed by atoms with Gasteiger partial charge in [-0.1, -0.05) is 11.6 Å². The number of carbonyl (C=O) groups is 1. The molecule has 0 aromatic carbocycles. The number of morpholine rings is 1. The van der Waals surface area contributed by atoms with E-state index in [0.717, 1.165) is 41.1 Å². The number of aryl methyl sites for hydroxylation is 2. The molecule has 7 nitrogen and oxygen atoms in total. The number of hydrogen-bond donors (Lipinski definition) is 2. The lowest BCUT2D eigenvalue weighted by molar-refractivity contribution is 0.0187. The molecule has 8 heteroatoms. The number of ether oxygens (including phenoxy) is 1. The second kappa shape index (κ2) is 9.10. The number of hydrogen-bond acceptors (Lipinski definition) is 4. The van der Waals surface area contributed by atoms with Crippen LogP contribution >= 0.6 is 11.6 Å². The third-order valence-electron chi connectivity index (χ3n) is 6.36. The van der Waals surface area contributed by atoms with Gasteiger partial charge in [0.25, 0.3) is 11.5 Å². The number of halogens is 1. The first-order valence-electron chi connectivity index (χ1n) is 10.9. The Labute approximate surface area is 192 Å². The zero-order valence-corrected chi connectivity index (χ0v) is 19.7. The summed E-state index contributed by atoms with van der Waals surface area (Å²) < 4.78 is 7.58. The van der Waals surface area contributed by atoms with Crippen molar-refractivity contribution in [2.45, 2.75) is 40.3 Å². The van der Waals surface area contributed by atoms with Crippen LogP contribution in [0, 0.1) is 20.8 Å². The first kappa shape index (κ1) is 22.6. The Morgan fingerprint density at radius 3 is 2.66 bits per heavy atom. The molecule has 170 valence electrons. The molecule has 1 atom stereocenters. The van der Waals surface area contributed by atoms with E-state index in [4.69, 9.17) is 16.3 Å². The van der Waals surface area contributed by atoms with Crippen molar-refractivity contribution < 1.29 is 9.53 Å². The molecule has 1 saturated heterocycles. The molecule has 0 bridgehead atoms. The molecule has 1 fully saturated rings. The summed E-state index contributed by atoms with van der Waals surface area (Å²) in [7, 11) is 0. The maximum absolute atomic E-state index is 13.2. The van der Waals surface area contributed by atoms with Gasteiger partial charge in [0.2, 0.25) is 0 Å². The molecule has 2 N–H and O–H groups in total. The van der Waals surface area contributed by atoms with Crippen molar-refractivity contribution >= 4 is 23.0 Å². The highest BCUT2D eigenvalue weighted by molar-refractivity contribution is 6.34. The van der Waals surface area contributed by atoms with Gasteiger partial charge in [0.15, 0.2) is 0 Å². The van der Waals surface area contributed by atoms with Gasteiger partial charge in [-0.15, -0.1) is 0 Å². The van der Waals surface area contributed by atoms with Crippen molar-refractivity contribution in [1.82, 2.24) is 19.6 Å². The van der Waals surface area contributed by atoms with Gasteiger partial charge >= 0.3 is 0 Å². The highest BCUT2D eigenvalue weighted by Crippen LogP contribution is 2.31. The molecule has 0 aliphatic carbocycles. The van der Waals surface area contributed by atoms with Crippen LogP contribution in [0.5, 0.6) is 0 Å². The van der Waals surface area contributed by atoms with E-state index in [2.05, 4.69) is 26.5 Å². The molecule has 0 spiro atoms. The average Bonchev–Trinajstić information content (AvgIpc) is 3.12. The molecular weight excluding hydrogens is 428 g/mol. The number of H-pyrrole nitrogens is 1. The summed E-state index contributed by atoms with van der Waals surface area (Å²) in [5, 5.41) is 3.53. The third-order valence-corrected chi connectivity index (χ3v) is 6.68. The van der Waals surface area contributed by atoms with Gasteiger partial charge in [-0.05, 0) is 57.0 Å². The summed E-state index contributed by atoms with van der Waals surface area (Å²) in [4.78, 5) is 30.7. The van der Waals surface area contributed by atoms with Gasteiger partial charge in [-0.3, -0.25) is 14.5 Å². The highest BCUT2D eigenvalue weighted by Gasteiger charge is 2.25. The average molecular weight is 457 g/mol. The van der Waals surface area contributed by atoms with Gasteiger partial charge in [-0.2, -0.15) is 0 Å². The fourth-order valence-corrected chi connectivity index (χ4v) is 4.79. The van der Waals surface area contributed by atoms with Crippen LogP contribution < -0.4 is 10.9 Å². The van der Waals surface area contributed by atoms with E-state index in [0.29, 0.717) is 29.4 Å². The molecule has 3 aromatic heterocycles.